The van der Waals surface area contributed by atoms with Crippen LogP contribution in [-0.4, -0.2) is 53.2 Å². The number of benzene rings is 2. The highest BCUT2D eigenvalue weighted by Gasteiger charge is 2.16. The molecule has 3 aromatic rings. The number of amides is 1. The van der Waals surface area contributed by atoms with E-state index in [1.165, 1.54) is 35.4 Å². The van der Waals surface area contributed by atoms with E-state index in [1.54, 1.807) is 11.9 Å². The second-order valence-corrected chi connectivity index (χ2v) is 7.50. The number of aromatic amines is 1. The molecule has 176 valence electrons. The summed E-state index contributed by atoms with van der Waals surface area (Å²) in [6.07, 6.45) is 6.35. The summed E-state index contributed by atoms with van der Waals surface area (Å²) in [5, 5.41) is 20.1. The van der Waals surface area contributed by atoms with Crippen LogP contribution >= 0.6 is 0 Å². The van der Waals surface area contributed by atoms with Crippen molar-refractivity contribution in [3.05, 3.63) is 83.8 Å². The Labute approximate surface area is 195 Å². The summed E-state index contributed by atoms with van der Waals surface area (Å²) in [5.41, 5.74) is 4.82. The monoisotopic (exact) mass is 465 g/mol. The lowest BCUT2D eigenvalue weighted by molar-refractivity contribution is -0.134. The minimum Gasteiger partial charge on any atom is -0.478 e. The molecule has 0 radical (unpaired) electrons. The summed E-state index contributed by atoms with van der Waals surface area (Å²) in [6.45, 7) is 1.85. The largest absolute Gasteiger partial charge is 0.478 e. The number of aliphatic carboxylic acids is 2. The van der Waals surface area contributed by atoms with Crippen LogP contribution in [0.4, 0.5) is 10.1 Å². The first-order valence-corrected chi connectivity index (χ1v) is 10.4. The molecule has 2 heterocycles. The molecule has 0 aliphatic carbocycles. The average molecular weight is 465 g/mol. The van der Waals surface area contributed by atoms with Gasteiger partial charge >= 0.3 is 11.9 Å². The van der Waals surface area contributed by atoms with Crippen LogP contribution in [0.15, 0.2) is 66.9 Å². The number of carboxylic acid groups (broad SMARTS) is 2. The summed E-state index contributed by atoms with van der Waals surface area (Å²) < 4.78 is 13.1. The predicted molar refractivity (Wildman–Crippen MR) is 127 cm³/mol. The zero-order valence-corrected chi connectivity index (χ0v) is 18.4. The van der Waals surface area contributed by atoms with Gasteiger partial charge in [0.15, 0.2) is 0 Å². The Morgan fingerprint density at radius 1 is 1.03 bits per heavy atom. The van der Waals surface area contributed by atoms with Crippen molar-refractivity contribution < 1.29 is 29.0 Å². The first-order chi connectivity index (χ1) is 16.3. The van der Waals surface area contributed by atoms with E-state index in [0.29, 0.717) is 17.7 Å². The van der Waals surface area contributed by atoms with Crippen LogP contribution in [0.3, 0.4) is 0 Å². The van der Waals surface area contributed by atoms with Gasteiger partial charge in [-0.1, -0.05) is 6.08 Å². The molecule has 1 aliphatic heterocycles. The number of carbonyl (C=O) groups is 3. The fraction of sp³-hybridized carbons (Fsp3) is 0.160. The summed E-state index contributed by atoms with van der Waals surface area (Å²) in [6, 6.07) is 11.6. The predicted octanol–water partition coefficient (Wildman–Crippen LogP) is 3.67. The van der Waals surface area contributed by atoms with E-state index in [4.69, 9.17) is 10.2 Å². The van der Waals surface area contributed by atoms with Crippen LogP contribution in [0.5, 0.6) is 0 Å². The topological polar surface area (TPSA) is 123 Å². The lowest BCUT2D eigenvalue weighted by Crippen LogP contribution is -2.26. The third kappa shape index (κ3) is 6.17. The molecule has 1 aromatic heterocycles. The van der Waals surface area contributed by atoms with Crippen LogP contribution in [0.25, 0.3) is 16.5 Å². The standard InChI is InChI=1S/C21H20FN3O.C4H4O4/c1-25(21(26)15-2-4-16(22)5-3-15)17-6-7-20-18(12-17)19(13-24-20)14-8-10-23-11-9-14;5-3(6)1-2-4(7)8/h2-8,12-13,23-24H,9-11H2,1H3;1-2H,(H,5,6)(H,7,8)/b;2-1+. The third-order valence-corrected chi connectivity index (χ3v) is 5.23. The lowest BCUT2D eigenvalue weighted by atomic mass is 9.99. The van der Waals surface area contributed by atoms with Gasteiger partial charge in [0.05, 0.1) is 0 Å². The Hall–Kier alpha value is -4.24. The van der Waals surface area contributed by atoms with E-state index in [1.807, 2.05) is 24.4 Å². The van der Waals surface area contributed by atoms with Crippen molar-refractivity contribution in [2.75, 3.05) is 25.0 Å². The van der Waals surface area contributed by atoms with E-state index in [0.717, 1.165) is 36.1 Å². The van der Waals surface area contributed by atoms with E-state index < -0.39 is 11.9 Å². The van der Waals surface area contributed by atoms with E-state index in [-0.39, 0.29) is 11.7 Å². The maximum atomic E-state index is 13.1. The molecule has 0 bridgehead atoms. The Kier molecular flexibility index (Phi) is 7.94. The molecule has 9 heteroatoms. The van der Waals surface area contributed by atoms with Crippen molar-refractivity contribution in [1.29, 1.82) is 0 Å². The quantitative estimate of drug-likeness (QED) is 0.427. The zero-order chi connectivity index (χ0) is 24.7. The van der Waals surface area contributed by atoms with E-state index in [2.05, 4.69) is 16.4 Å². The summed E-state index contributed by atoms with van der Waals surface area (Å²) in [4.78, 5) is 36.7. The second kappa shape index (κ2) is 11.1. The molecule has 34 heavy (non-hydrogen) atoms. The molecule has 8 nitrogen and oxygen atoms in total. The number of nitrogens with one attached hydrogen (secondary N) is 2. The fourth-order valence-corrected chi connectivity index (χ4v) is 3.50. The zero-order valence-electron chi connectivity index (χ0n) is 18.4. The van der Waals surface area contributed by atoms with Gasteiger partial charge in [-0.05, 0) is 61.0 Å². The molecular weight excluding hydrogens is 441 g/mol. The Morgan fingerprint density at radius 2 is 1.71 bits per heavy atom. The fourth-order valence-electron chi connectivity index (χ4n) is 3.50. The van der Waals surface area contributed by atoms with Crippen molar-refractivity contribution in [3.8, 4) is 0 Å². The molecule has 2 aromatic carbocycles. The highest BCUT2D eigenvalue weighted by Crippen LogP contribution is 2.31. The van der Waals surface area contributed by atoms with Gasteiger partial charge in [0, 0.05) is 59.7 Å². The van der Waals surface area contributed by atoms with Crippen LogP contribution in [0, 0.1) is 5.82 Å². The molecule has 4 N–H and O–H groups in total. The van der Waals surface area contributed by atoms with Gasteiger partial charge < -0.3 is 25.4 Å². The summed E-state index contributed by atoms with van der Waals surface area (Å²) in [7, 11) is 1.74. The normalized spacial score (nSPS) is 13.2. The molecule has 0 fully saturated rings. The third-order valence-electron chi connectivity index (χ3n) is 5.23. The minimum atomic E-state index is -1.26. The lowest BCUT2D eigenvalue weighted by Gasteiger charge is -2.18. The summed E-state index contributed by atoms with van der Waals surface area (Å²) in [5.74, 6) is -3.03. The number of carboxylic acids is 2. The van der Waals surface area contributed by atoms with Gasteiger partial charge in [0.2, 0.25) is 0 Å². The van der Waals surface area contributed by atoms with E-state index in [9.17, 15) is 18.8 Å². The van der Waals surface area contributed by atoms with Crippen molar-refractivity contribution in [2.45, 2.75) is 6.42 Å². The second-order valence-electron chi connectivity index (χ2n) is 7.50. The minimum absolute atomic E-state index is 0.164. The molecular formula is C25H24FN3O5. The number of rotatable bonds is 5. The number of fused-ring (bicyclic) bond motifs is 1. The highest BCUT2D eigenvalue weighted by atomic mass is 19.1. The maximum absolute atomic E-state index is 13.1. The van der Waals surface area contributed by atoms with Crippen LogP contribution < -0.4 is 10.2 Å². The SMILES string of the molecule is CN(C(=O)c1ccc(F)cc1)c1ccc2[nH]cc(C3=CCNCC3)c2c1.O=C(O)/C=C/C(=O)O. The van der Waals surface area contributed by atoms with Crippen LogP contribution in [0.1, 0.15) is 22.3 Å². The van der Waals surface area contributed by atoms with Gasteiger partial charge in [-0.25, -0.2) is 14.0 Å². The maximum Gasteiger partial charge on any atom is 0.328 e. The number of H-pyrrole nitrogens is 1. The molecule has 1 aliphatic rings. The van der Waals surface area contributed by atoms with Crippen molar-refractivity contribution in [1.82, 2.24) is 10.3 Å². The number of halogens is 1. The Morgan fingerprint density at radius 3 is 2.29 bits per heavy atom. The van der Waals surface area contributed by atoms with Gasteiger partial charge in [-0.15, -0.1) is 0 Å². The number of nitrogens with zero attached hydrogens (tertiary/aromatic N) is 1. The molecule has 0 unspecified atom stereocenters. The van der Waals surface area contributed by atoms with Gasteiger partial charge in [0.25, 0.3) is 5.91 Å². The number of hydrogen-bond acceptors (Lipinski definition) is 4. The van der Waals surface area contributed by atoms with Gasteiger partial charge in [-0.2, -0.15) is 0 Å². The van der Waals surface area contributed by atoms with Crippen molar-refractivity contribution in [3.63, 3.8) is 0 Å². The number of carbonyl (C=O) groups excluding carboxylic acids is 1. The van der Waals surface area contributed by atoms with Gasteiger partial charge in [-0.3, -0.25) is 4.79 Å². The van der Waals surface area contributed by atoms with Crippen LogP contribution in [-0.2, 0) is 9.59 Å². The Balaban J connectivity index is 0.000000350. The highest BCUT2D eigenvalue weighted by molar-refractivity contribution is 6.07. The first kappa shape index (κ1) is 24.4. The van der Waals surface area contributed by atoms with Gasteiger partial charge in [0.1, 0.15) is 5.82 Å². The van der Waals surface area contributed by atoms with Crippen LogP contribution in [0.2, 0.25) is 0 Å². The number of aromatic nitrogens is 1. The molecule has 0 atom stereocenters. The Bertz CT molecular complexity index is 1250. The number of hydrogen-bond donors (Lipinski definition) is 4. The van der Waals surface area contributed by atoms with Crippen molar-refractivity contribution >= 4 is 40.0 Å². The van der Waals surface area contributed by atoms with Crippen molar-refractivity contribution in [2.24, 2.45) is 0 Å². The first-order valence-electron chi connectivity index (χ1n) is 10.4. The smallest absolute Gasteiger partial charge is 0.328 e. The molecule has 0 saturated carbocycles. The molecule has 4 rings (SSSR count). The average Bonchev–Trinajstić information content (AvgIpc) is 3.26. The number of anilines is 1. The molecule has 0 spiro atoms. The molecule has 0 saturated heterocycles. The molecule has 1 amide bonds. The van der Waals surface area contributed by atoms with E-state index >= 15 is 0 Å². The summed E-state index contributed by atoms with van der Waals surface area (Å²) >= 11 is 0.